The van der Waals surface area contributed by atoms with Gasteiger partial charge in [-0.15, -0.1) is 12.4 Å². The summed E-state index contributed by atoms with van der Waals surface area (Å²) in [5.41, 5.74) is 0. The molecule has 22 heavy (non-hydrogen) atoms. The van der Waals surface area contributed by atoms with E-state index in [9.17, 15) is 13.2 Å². The number of carbonyl (C=O) groups is 1. The minimum absolute atomic E-state index is 0. The molecule has 0 bridgehead atoms. The average Bonchev–Trinajstić information content (AvgIpc) is 2.48. The Kier molecular flexibility index (Phi) is 7.78. The fraction of sp³-hybridized carbons (Fsp3) is 0.462. The Morgan fingerprint density at radius 1 is 1.23 bits per heavy atom. The van der Waals surface area contributed by atoms with E-state index < -0.39 is 10.0 Å². The van der Waals surface area contributed by atoms with Crippen LogP contribution in [0.3, 0.4) is 0 Å². The lowest BCUT2D eigenvalue weighted by atomic mass is 10.3. The molecular formula is C13H19BrClN3O3S. The predicted molar refractivity (Wildman–Crippen MR) is 90.6 cm³/mol. The molecule has 0 saturated carbocycles. The quantitative estimate of drug-likeness (QED) is 0.755. The van der Waals surface area contributed by atoms with Crippen LogP contribution in [0.25, 0.3) is 0 Å². The van der Waals surface area contributed by atoms with E-state index >= 15 is 0 Å². The number of sulfonamides is 1. The fourth-order valence-corrected chi connectivity index (χ4v) is 3.36. The standard InChI is InChI=1S/C13H18BrN3O3S.ClH/c14-11-1-3-12(4-2-11)21(19,20)16-6-5-13(18)17-9-7-15-8-10-17;/h1-4,15-16H,5-10H2;1H. The zero-order valence-electron chi connectivity index (χ0n) is 11.9. The maximum absolute atomic E-state index is 12.0. The van der Waals surface area contributed by atoms with Crippen LogP contribution in [0.15, 0.2) is 33.6 Å². The molecule has 1 aromatic carbocycles. The SMILES string of the molecule is Cl.O=C(CCNS(=O)(=O)c1ccc(Br)cc1)N1CCNCC1. The van der Waals surface area contributed by atoms with E-state index in [-0.39, 0.29) is 36.2 Å². The lowest BCUT2D eigenvalue weighted by Crippen LogP contribution is -2.47. The molecule has 9 heteroatoms. The highest BCUT2D eigenvalue weighted by molar-refractivity contribution is 9.10. The van der Waals surface area contributed by atoms with E-state index in [1.165, 1.54) is 12.1 Å². The normalized spacial score (nSPS) is 15.2. The van der Waals surface area contributed by atoms with Gasteiger partial charge in [0.15, 0.2) is 0 Å². The van der Waals surface area contributed by atoms with Gasteiger partial charge in [0, 0.05) is 43.6 Å². The Balaban J connectivity index is 0.00000242. The minimum Gasteiger partial charge on any atom is -0.340 e. The molecule has 1 aliphatic heterocycles. The van der Waals surface area contributed by atoms with Crippen LogP contribution in [0, 0.1) is 0 Å². The van der Waals surface area contributed by atoms with Crippen LogP contribution in [-0.2, 0) is 14.8 Å². The highest BCUT2D eigenvalue weighted by atomic mass is 79.9. The van der Waals surface area contributed by atoms with E-state index in [2.05, 4.69) is 26.0 Å². The summed E-state index contributed by atoms with van der Waals surface area (Å²) in [6.45, 7) is 3.05. The first-order valence-corrected chi connectivity index (χ1v) is 9.00. The second-order valence-electron chi connectivity index (χ2n) is 4.73. The van der Waals surface area contributed by atoms with Gasteiger partial charge in [-0.25, -0.2) is 13.1 Å². The summed E-state index contributed by atoms with van der Waals surface area (Å²) in [6.07, 6.45) is 0.176. The number of nitrogens with zero attached hydrogens (tertiary/aromatic N) is 1. The lowest BCUT2D eigenvalue weighted by molar-refractivity contribution is -0.131. The monoisotopic (exact) mass is 411 g/mol. The van der Waals surface area contributed by atoms with Gasteiger partial charge < -0.3 is 10.2 Å². The Labute approximate surface area is 145 Å². The van der Waals surface area contributed by atoms with Gasteiger partial charge in [-0.3, -0.25) is 4.79 Å². The number of piperazine rings is 1. The first-order valence-electron chi connectivity index (χ1n) is 6.73. The van der Waals surface area contributed by atoms with E-state index in [1.54, 1.807) is 17.0 Å². The summed E-state index contributed by atoms with van der Waals surface area (Å²) < 4.78 is 27.4. The molecule has 124 valence electrons. The number of nitrogens with one attached hydrogen (secondary N) is 2. The van der Waals surface area contributed by atoms with Crippen LogP contribution >= 0.6 is 28.3 Å². The van der Waals surface area contributed by atoms with Crippen LogP contribution in [0.1, 0.15) is 6.42 Å². The fourth-order valence-electron chi connectivity index (χ4n) is 2.06. The van der Waals surface area contributed by atoms with Crippen molar-refractivity contribution in [3.63, 3.8) is 0 Å². The second-order valence-corrected chi connectivity index (χ2v) is 7.42. The van der Waals surface area contributed by atoms with Crippen molar-refractivity contribution in [2.24, 2.45) is 0 Å². The van der Waals surface area contributed by atoms with Crippen LogP contribution in [0.2, 0.25) is 0 Å². The van der Waals surface area contributed by atoms with Crippen molar-refractivity contribution in [2.45, 2.75) is 11.3 Å². The summed E-state index contributed by atoms with van der Waals surface area (Å²) in [4.78, 5) is 13.9. The molecule has 1 fully saturated rings. The molecule has 2 rings (SSSR count). The molecule has 0 spiro atoms. The van der Waals surface area contributed by atoms with E-state index in [4.69, 9.17) is 0 Å². The number of amides is 1. The van der Waals surface area contributed by atoms with Crippen molar-refractivity contribution < 1.29 is 13.2 Å². The summed E-state index contributed by atoms with van der Waals surface area (Å²) in [7, 11) is -3.56. The first-order chi connectivity index (χ1) is 9.99. The third-order valence-electron chi connectivity index (χ3n) is 3.22. The molecule has 6 nitrogen and oxygen atoms in total. The smallest absolute Gasteiger partial charge is 0.240 e. The molecule has 0 aromatic heterocycles. The zero-order valence-corrected chi connectivity index (χ0v) is 15.1. The van der Waals surface area contributed by atoms with Gasteiger partial charge in [0.1, 0.15) is 0 Å². The summed E-state index contributed by atoms with van der Waals surface area (Å²) in [5.74, 6) is -0.0185. The number of carbonyl (C=O) groups excluding carboxylic acids is 1. The molecule has 2 N–H and O–H groups in total. The maximum Gasteiger partial charge on any atom is 0.240 e. The number of hydrogen-bond donors (Lipinski definition) is 2. The third kappa shape index (κ3) is 5.51. The number of halogens is 2. The van der Waals surface area contributed by atoms with Gasteiger partial charge in [0.05, 0.1) is 4.90 Å². The van der Waals surface area contributed by atoms with Gasteiger partial charge in [0.25, 0.3) is 0 Å². The van der Waals surface area contributed by atoms with Crippen LogP contribution in [-0.4, -0.2) is 51.9 Å². The molecule has 1 amide bonds. The number of rotatable bonds is 5. The van der Waals surface area contributed by atoms with Crippen molar-refractivity contribution in [3.8, 4) is 0 Å². The first kappa shape index (κ1) is 19.4. The molecular weight excluding hydrogens is 394 g/mol. The maximum atomic E-state index is 12.0. The van der Waals surface area contributed by atoms with E-state index in [0.717, 1.165) is 17.6 Å². The van der Waals surface area contributed by atoms with Crippen LogP contribution in [0.5, 0.6) is 0 Å². The number of benzene rings is 1. The van der Waals surface area contributed by atoms with Gasteiger partial charge in [-0.1, -0.05) is 15.9 Å². The van der Waals surface area contributed by atoms with Gasteiger partial charge in [-0.05, 0) is 24.3 Å². The Hall–Kier alpha value is -0.670. The highest BCUT2D eigenvalue weighted by Gasteiger charge is 2.18. The van der Waals surface area contributed by atoms with Crippen molar-refractivity contribution >= 4 is 44.3 Å². The summed E-state index contributed by atoms with van der Waals surface area (Å²) >= 11 is 3.26. The van der Waals surface area contributed by atoms with Crippen LogP contribution in [0.4, 0.5) is 0 Å². The molecule has 0 aliphatic carbocycles. The van der Waals surface area contributed by atoms with Crippen molar-refractivity contribution in [3.05, 3.63) is 28.7 Å². The Bertz CT molecular complexity index is 589. The van der Waals surface area contributed by atoms with Gasteiger partial charge in [-0.2, -0.15) is 0 Å². The molecule has 1 saturated heterocycles. The third-order valence-corrected chi connectivity index (χ3v) is 5.23. The predicted octanol–water partition coefficient (Wildman–Crippen LogP) is 0.971. The van der Waals surface area contributed by atoms with Crippen molar-refractivity contribution in [2.75, 3.05) is 32.7 Å². The average molecular weight is 413 g/mol. The topological polar surface area (TPSA) is 78.5 Å². The van der Waals surface area contributed by atoms with Crippen molar-refractivity contribution in [1.82, 2.24) is 14.9 Å². The molecule has 1 aliphatic rings. The molecule has 0 unspecified atom stereocenters. The second kappa shape index (κ2) is 8.83. The minimum atomic E-state index is -3.56. The van der Waals surface area contributed by atoms with Gasteiger partial charge in [0.2, 0.25) is 15.9 Å². The van der Waals surface area contributed by atoms with E-state index in [1.807, 2.05) is 0 Å². The van der Waals surface area contributed by atoms with Gasteiger partial charge >= 0.3 is 0 Å². The van der Waals surface area contributed by atoms with Crippen molar-refractivity contribution in [1.29, 1.82) is 0 Å². The summed E-state index contributed by atoms with van der Waals surface area (Å²) in [5, 5.41) is 3.17. The molecule has 1 heterocycles. The Morgan fingerprint density at radius 2 is 1.82 bits per heavy atom. The molecule has 0 radical (unpaired) electrons. The number of hydrogen-bond acceptors (Lipinski definition) is 4. The Morgan fingerprint density at radius 3 is 2.41 bits per heavy atom. The summed E-state index contributed by atoms with van der Waals surface area (Å²) in [6, 6.07) is 6.37. The largest absolute Gasteiger partial charge is 0.340 e. The molecule has 0 atom stereocenters. The highest BCUT2D eigenvalue weighted by Crippen LogP contribution is 2.14. The lowest BCUT2D eigenvalue weighted by Gasteiger charge is -2.27. The molecule has 1 aromatic rings. The van der Waals surface area contributed by atoms with E-state index in [0.29, 0.717) is 13.1 Å². The van der Waals surface area contributed by atoms with Crippen LogP contribution < -0.4 is 10.0 Å². The zero-order chi connectivity index (χ0) is 15.3.